The van der Waals surface area contributed by atoms with Gasteiger partial charge < -0.3 is 20.5 Å². The maximum Gasteiger partial charge on any atom is 0.411 e. The monoisotopic (exact) mass is 379 g/mol. The van der Waals surface area contributed by atoms with Crippen molar-refractivity contribution in [3.05, 3.63) is 35.9 Å². The number of esters is 1. The topological polar surface area (TPSA) is 111 Å². The van der Waals surface area contributed by atoms with Crippen LogP contribution >= 0.6 is 0 Å². The molecule has 0 aromatic heterocycles. The van der Waals surface area contributed by atoms with Crippen molar-refractivity contribution in [1.29, 1.82) is 0 Å². The Labute approximate surface area is 160 Å². The van der Waals surface area contributed by atoms with Crippen molar-refractivity contribution < 1.29 is 23.9 Å². The molecule has 1 atom stereocenters. The van der Waals surface area contributed by atoms with Gasteiger partial charge in [0.1, 0.15) is 12.2 Å². The molecule has 0 aliphatic carbocycles. The number of likely N-dealkylation sites (N-methyl/N-ethyl adjacent to an activating group) is 2. The van der Waals surface area contributed by atoms with Crippen molar-refractivity contribution in [1.82, 2.24) is 10.2 Å². The van der Waals surface area contributed by atoms with Crippen LogP contribution < -0.4 is 11.1 Å². The van der Waals surface area contributed by atoms with Gasteiger partial charge in [0.25, 0.3) is 0 Å². The third kappa shape index (κ3) is 6.99. The lowest BCUT2D eigenvalue weighted by Gasteiger charge is -2.36. The SMILES string of the molecule is CNCC(=O)C(N)(CC(=O)OC(C)(C)C)N(C)C(=O)OCc1ccccc1. The smallest absolute Gasteiger partial charge is 0.411 e. The van der Waals surface area contributed by atoms with Gasteiger partial charge in [-0.1, -0.05) is 30.3 Å². The first-order valence-corrected chi connectivity index (χ1v) is 8.62. The van der Waals surface area contributed by atoms with Gasteiger partial charge in [-0.25, -0.2) is 4.79 Å². The molecule has 1 rings (SSSR count). The predicted octanol–water partition coefficient (Wildman–Crippen LogP) is 1.43. The van der Waals surface area contributed by atoms with Crippen molar-refractivity contribution in [3.63, 3.8) is 0 Å². The fourth-order valence-corrected chi connectivity index (χ4v) is 2.29. The number of benzene rings is 1. The molecule has 0 aliphatic heterocycles. The second-order valence-corrected chi connectivity index (χ2v) is 7.24. The molecule has 0 radical (unpaired) electrons. The summed E-state index contributed by atoms with van der Waals surface area (Å²) >= 11 is 0. The van der Waals surface area contributed by atoms with Crippen LogP contribution in [0.15, 0.2) is 30.3 Å². The summed E-state index contributed by atoms with van der Waals surface area (Å²) < 4.78 is 10.5. The molecule has 1 aromatic carbocycles. The van der Waals surface area contributed by atoms with Crippen molar-refractivity contribution in [2.45, 2.75) is 45.1 Å². The van der Waals surface area contributed by atoms with E-state index in [2.05, 4.69) is 5.32 Å². The molecule has 0 fully saturated rings. The molecular weight excluding hydrogens is 350 g/mol. The molecule has 1 unspecified atom stereocenters. The minimum Gasteiger partial charge on any atom is -0.460 e. The van der Waals surface area contributed by atoms with Gasteiger partial charge in [-0.2, -0.15) is 0 Å². The molecule has 0 saturated heterocycles. The maximum absolute atomic E-state index is 12.5. The summed E-state index contributed by atoms with van der Waals surface area (Å²) in [6.45, 7) is 5.02. The van der Waals surface area contributed by atoms with Crippen molar-refractivity contribution in [2.24, 2.45) is 5.73 Å². The highest BCUT2D eigenvalue weighted by atomic mass is 16.6. The zero-order valence-corrected chi connectivity index (χ0v) is 16.6. The number of carbonyl (C=O) groups is 3. The van der Waals surface area contributed by atoms with Gasteiger partial charge in [-0.05, 0) is 33.4 Å². The first-order chi connectivity index (χ1) is 12.5. The second-order valence-electron chi connectivity index (χ2n) is 7.24. The van der Waals surface area contributed by atoms with E-state index in [1.54, 1.807) is 40.0 Å². The molecule has 3 N–H and O–H groups in total. The zero-order valence-electron chi connectivity index (χ0n) is 16.6. The Morgan fingerprint density at radius 2 is 1.74 bits per heavy atom. The first kappa shape index (κ1) is 22.6. The van der Waals surface area contributed by atoms with Gasteiger partial charge in [-0.3, -0.25) is 14.5 Å². The summed E-state index contributed by atoms with van der Waals surface area (Å²) in [6.07, 6.45) is -1.30. The van der Waals surface area contributed by atoms with E-state index >= 15 is 0 Å². The minimum atomic E-state index is -1.89. The van der Waals surface area contributed by atoms with E-state index in [9.17, 15) is 14.4 Å². The van der Waals surface area contributed by atoms with E-state index in [0.717, 1.165) is 10.5 Å². The highest BCUT2D eigenvalue weighted by Crippen LogP contribution is 2.19. The number of nitrogens with one attached hydrogen (secondary N) is 1. The lowest BCUT2D eigenvalue weighted by molar-refractivity contribution is -0.160. The van der Waals surface area contributed by atoms with Gasteiger partial charge in [0.05, 0.1) is 13.0 Å². The molecule has 1 aromatic rings. The fraction of sp³-hybridized carbons (Fsp3) is 0.526. The molecule has 0 aliphatic rings. The molecule has 27 heavy (non-hydrogen) atoms. The van der Waals surface area contributed by atoms with Crippen LogP contribution in [0.1, 0.15) is 32.8 Å². The molecule has 0 heterocycles. The van der Waals surface area contributed by atoms with Crippen LogP contribution in [0.25, 0.3) is 0 Å². The lowest BCUT2D eigenvalue weighted by atomic mass is 9.99. The van der Waals surface area contributed by atoms with E-state index in [1.165, 1.54) is 7.05 Å². The largest absolute Gasteiger partial charge is 0.460 e. The molecule has 0 saturated carbocycles. The Balaban J connectivity index is 2.91. The predicted molar refractivity (Wildman–Crippen MR) is 101 cm³/mol. The zero-order chi connectivity index (χ0) is 20.7. The number of amides is 1. The van der Waals surface area contributed by atoms with Crippen LogP contribution in [0.4, 0.5) is 4.79 Å². The molecule has 1 amide bonds. The Kier molecular flexibility index (Phi) is 7.93. The van der Waals surface area contributed by atoms with Crippen LogP contribution in [0, 0.1) is 0 Å². The Hall–Kier alpha value is -2.45. The average Bonchev–Trinajstić information content (AvgIpc) is 2.58. The van der Waals surface area contributed by atoms with Gasteiger partial charge >= 0.3 is 12.1 Å². The molecule has 0 bridgehead atoms. The van der Waals surface area contributed by atoms with E-state index < -0.39 is 35.5 Å². The summed E-state index contributed by atoms with van der Waals surface area (Å²) in [4.78, 5) is 38.2. The number of carbonyl (C=O) groups excluding carboxylic acids is 3. The maximum atomic E-state index is 12.5. The van der Waals surface area contributed by atoms with Gasteiger partial charge in [-0.15, -0.1) is 0 Å². The van der Waals surface area contributed by atoms with Crippen LogP contribution in [0.5, 0.6) is 0 Å². The van der Waals surface area contributed by atoms with Crippen LogP contribution in [-0.2, 0) is 25.7 Å². The van der Waals surface area contributed by atoms with E-state index in [0.29, 0.717) is 0 Å². The number of rotatable bonds is 8. The molecule has 0 spiro atoms. The Morgan fingerprint density at radius 1 is 1.15 bits per heavy atom. The number of ether oxygens (including phenoxy) is 2. The normalized spacial score (nSPS) is 13.4. The molecule has 8 heteroatoms. The summed E-state index contributed by atoms with van der Waals surface area (Å²) in [7, 11) is 2.89. The fourth-order valence-electron chi connectivity index (χ4n) is 2.29. The first-order valence-electron chi connectivity index (χ1n) is 8.62. The minimum absolute atomic E-state index is 0.0206. The summed E-state index contributed by atoms with van der Waals surface area (Å²) in [5.41, 5.74) is 4.35. The standard InChI is InChI=1S/C19H29N3O5/c1-18(2,3)27-16(24)11-19(20,15(23)12-21-4)22(5)17(25)26-13-14-9-7-6-8-10-14/h6-10,21H,11-13,20H2,1-5H3. The number of ketones is 1. The molecule has 150 valence electrons. The number of hydrogen-bond donors (Lipinski definition) is 2. The summed E-state index contributed by atoms with van der Waals surface area (Å²) in [5.74, 6) is -1.22. The van der Waals surface area contributed by atoms with E-state index in [1.807, 2.05) is 18.2 Å². The van der Waals surface area contributed by atoms with Crippen molar-refractivity contribution in [2.75, 3.05) is 20.6 Å². The lowest BCUT2D eigenvalue weighted by Crippen LogP contribution is -2.64. The summed E-state index contributed by atoms with van der Waals surface area (Å²) in [5, 5.41) is 2.69. The molecule has 8 nitrogen and oxygen atoms in total. The molecular formula is C19H29N3O5. The van der Waals surface area contributed by atoms with E-state index in [4.69, 9.17) is 15.2 Å². The van der Waals surface area contributed by atoms with Crippen molar-refractivity contribution >= 4 is 17.8 Å². The highest BCUT2D eigenvalue weighted by molar-refractivity contribution is 5.95. The average molecular weight is 379 g/mol. The van der Waals surface area contributed by atoms with Crippen LogP contribution in [0.2, 0.25) is 0 Å². The van der Waals surface area contributed by atoms with Crippen LogP contribution in [-0.4, -0.2) is 54.6 Å². The summed E-state index contributed by atoms with van der Waals surface area (Å²) in [6, 6.07) is 9.09. The quantitative estimate of drug-likeness (QED) is 0.519. The number of hydrogen-bond acceptors (Lipinski definition) is 7. The highest BCUT2D eigenvalue weighted by Gasteiger charge is 2.44. The Morgan fingerprint density at radius 3 is 2.26 bits per heavy atom. The number of Topliss-reactive ketones (excluding diaryl/α,β-unsaturated/α-hetero) is 1. The van der Waals surface area contributed by atoms with Crippen LogP contribution in [0.3, 0.4) is 0 Å². The Bertz CT molecular complexity index is 657. The third-order valence-corrected chi connectivity index (χ3v) is 3.73. The van der Waals surface area contributed by atoms with Gasteiger partial charge in [0.15, 0.2) is 11.4 Å². The number of nitrogens with two attached hydrogens (primary N) is 1. The second kappa shape index (κ2) is 9.48. The van der Waals surface area contributed by atoms with E-state index in [-0.39, 0.29) is 13.2 Å². The van der Waals surface area contributed by atoms with Gasteiger partial charge in [0.2, 0.25) is 0 Å². The third-order valence-electron chi connectivity index (χ3n) is 3.73. The number of nitrogens with zero attached hydrogens (tertiary/aromatic N) is 1. The van der Waals surface area contributed by atoms with Gasteiger partial charge in [0, 0.05) is 7.05 Å². The van der Waals surface area contributed by atoms with Crippen molar-refractivity contribution in [3.8, 4) is 0 Å².